The minimum absolute atomic E-state index is 0.558. The molecule has 4 aromatic rings. The third-order valence-corrected chi connectivity index (χ3v) is 9.51. The fourth-order valence-corrected chi connectivity index (χ4v) is 7.58. The minimum atomic E-state index is -1.66. The highest BCUT2D eigenvalue weighted by molar-refractivity contribution is 5.49. The number of benzene rings is 4. The summed E-state index contributed by atoms with van der Waals surface area (Å²) in [6.07, 6.45) is -0.817. The summed E-state index contributed by atoms with van der Waals surface area (Å²) >= 11 is 0. The highest BCUT2D eigenvalue weighted by Gasteiger charge is 2.62. The highest BCUT2D eigenvalue weighted by atomic mass is 16.8. The molecule has 238 valence electrons. The summed E-state index contributed by atoms with van der Waals surface area (Å²) in [5.74, 6) is -1.01. The topological polar surface area (TPSA) is 58.9 Å². The number of hydrogen-bond acceptors (Lipinski definition) is 4. The molecule has 0 unspecified atom stereocenters. The van der Waals surface area contributed by atoms with Gasteiger partial charge < -0.3 is 19.7 Å². The van der Waals surface area contributed by atoms with Crippen LogP contribution < -0.4 is 0 Å². The van der Waals surface area contributed by atoms with Crippen LogP contribution in [0, 0.1) is 55.4 Å². The van der Waals surface area contributed by atoms with Crippen LogP contribution in [-0.2, 0) is 20.7 Å². The van der Waals surface area contributed by atoms with Gasteiger partial charge in [-0.3, -0.25) is 0 Å². The molecule has 1 fully saturated rings. The number of hydrogen-bond donors (Lipinski definition) is 2. The van der Waals surface area contributed by atoms with Gasteiger partial charge in [-0.2, -0.15) is 0 Å². The molecule has 2 N–H and O–H groups in total. The zero-order valence-corrected chi connectivity index (χ0v) is 28.7. The smallest absolute Gasteiger partial charge is 0.169 e. The number of ether oxygens (including phenoxy) is 2. The molecule has 0 bridgehead atoms. The molecule has 4 nitrogen and oxygen atoms in total. The molecule has 2 atom stereocenters. The zero-order chi connectivity index (χ0) is 32.9. The molecular formula is C41H50O4. The predicted molar refractivity (Wildman–Crippen MR) is 183 cm³/mol. The molecule has 1 aliphatic heterocycles. The normalized spacial score (nSPS) is 18.4. The van der Waals surface area contributed by atoms with Crippen molar-refractivity contribution in [3.05, 3.63) is 140 Å². The van der Waals surface area contributed by atoms with Gasteiger partial charge in [-0.25, -0.2) is 0 Å². The standard InChI is InChI=1S/C41H50O4/c1-11-39(12-2)44-37(40(42,33-17-25(3)13-26(4)18-33)34-19-27(5)14-28(6)20-34)38(45-39)41(43,35-21-29(7)15-30(8)22-35)36-23-31(9)16-32(10)24-36/h13-24,37-38,42-43H,11-12H2,1-10H3/t37-,38-/m0/s1. The maximum absolute atomic E-state index is 13.5. The molecule has 0 saturated carbocycles. The van der Waals surface area contributed by atoms with Crippen molar-refractivity contribution in [3.63, 3.8) is 0 Å². The molecule has 1 heterocycles. The van der Waals surface area contributed by atoms with Gasteiger partial charge in [0.15, 0.2) is 5.79 Å². The van der Waals surface area contributed by atoms with Gasteiger partial charge in [-0.1, -0.05) is 131 Å². The largest absolute Gasteiger partial charge is 0.378 e. The Balaban J connectivity index is 1.90. The van der Waals surface area contributed by atoms with Gasteiger partial charge in [0.1, 0.15) is 23.4 Å². The van der Waals surface area contributed by atoms with Crippen LogP contribution in [0.15, 0.2) is 72.8 Å². The fourth-order valence-electron chi connectivity index (χ4n) is 7.58. The van der Waals surface area contributed by atoms with Crippen LogP contribution in [0.3, 0.4) is 0 Å². The lowest BCUT2D eigenvalue weighted by molar-refractivity contribution is -0.200. The van der Waals surface area contributed by atoms with E-state index in [4.69, 9.17) is 9.47 Å². The minimum Gasteiger partial charge on any atom is -0.378 e. The molecule has 4 heteroatoms. The van der Waals surface area contributed by atoms with E-state index in [0.29, 0.717) is 12.8 Å². The van der Waals surface area contributed by atoms with E-state index in [9.17, 15) is 10.2 Å². The first-order chi connectivity index (χ1) is 21.1. The number of aryl methyl sites for hydroxylation is 8. The molecule has 1 saturated heterocycles. The van der Waals surface area contributed by atoms with E-state index < -0.39 is 29.2 Å². The predicted octanol–water partition coefficient (Wildman–Crippen LogP) is 8.63. The zero-order valence-electron chi connectivity index (χ0n) is 28.7. The van der Waals surface area contributed by atoms with Crippen molar-refractivity contribution in [1.82, 2.24) is 0 Å². The second-order valence-electron chi connectivity index (χ2n) is 13.7. The summed E-state index contributed by atoms with van der Waals surface area (Å²) in [5, 5.41) is 27.0. The Bertz CT molecular complexity index is 1410. The average Bonchev–Trinajstić information content (AvgIpc) is 3.36. The van der Waals surface area contributed by atoms with Crippen molar-refractivity contribution in [3.8, 4) is 0 Å². The highest BCUT2D eigenvalue weighted by Crippen LogP contribution is 2.52. The summed E-state index contributed by atoms with van der Waals surface area (Å²) in [6, 6.07) is 24.7. The summed E-state index contributed by atoms with van der Waals surface area (Å²) in [5.41, 5.74) is 7.89. The fraction of sp³-hybridized carbons (Fsp3) is 0.415. The molecule has 1 aliphatic rings. The second kappa shape index (κ2) is 12.1. The van der Waals surface area contributed by atoms with Gasteiger partial charge in [0.2, 0.25) is 0 Å². The van der Waals surface area contributed by atoms with E-state index in [1.807, 2.05) is 118 Å². The van der Waals surface area contributed by atoms with Crippen LogP contribution >= 0.6 is 0 Å². The number of rotatable bonds is 8. The third-order valence-electron chi connectivity index (χ3n) is 9.51. The monoisotopic (exact) mass is 606 g/mol. The Morgan fingerprint density at radius 2 is 0.644 bits per heavy atom. The van der Waals surface area contributed by atoms with Gasteiger partial charge in [0.05, 0.1) is 0 Å². The molecule has 0 spiro atoms. The summed E-state index contributed by atoms with van der Waals surface area (Å²) < 4.78 is 14.1. The summed E-state index contributed by atoms with van der Waals surface area (Å²) in [7, 11) is 0. The first-order valence-electron chi connectivity index (χ1n) is 16.3. The Hall–Kier alpha value is -3.28. The molecule has 5 rings (SSSR count). The number of aliphatic hydroxyl groups is 2. The molecule has 45 heavy (non-hydrogen) atoms. The van der Waals surface area contributed by atoms with Gasteiger partial charge in [0.25, 0.3) is 0 Å². The first-order valence-corrected chi connectivity index (χ1v) is 16.3. The molecule has 0 aliphatic carbocycles. The van der Waals surface area contributed by atoms with Gasteiger partial charge in [0, 0.05) is 0 Å². The van der Waals surface area contributed by atoms with Crippen molar-refractivity contribution in [2.75, 3.05) is 0 Å². The van der Waals surface area contributed by atoms with Gasteiger partial charge >= 0.3 is 0 Å². The van der Waals surface area contributed by atoms with Crippen LogP contribution in [0.2, 0.25) is 0 Å². The lowest BCUT2D eigenvalue weighted by Gasteiger charge is -2.43. The Labute approximate surface area is 270 Å². The maximum Gasteiger partial charge on any atom is 0.169 e. The SMILES string of the molecule is CCC1(CC)O[C@H](C(O)(c2cc(C)cc(C)c2)c2cc(C)cc(C)c2)[C@@H](C(O)(c2cc(C)cc(C)c2)c2cc(C)cc(C)c2)O1. The summed E-state index contributed by atoms with van der Waals surface area (Å²) in [4.78, 5) is 0. The molecule has 0 aromatic heterocycles. The van der Waals surface area contributed by atoms with Crippen molar-refractivity contribution in [1.29, 1.82) is 0 Å². The van der Waals surface area contributed by atoms with Crippen molar-refractivity contribution < 1.29 is 19.7 Å². The van der Waals surface area contributed by atoms with Crippen molar-refractivity contribution in [2.24, 2.45) is 0 Å². The van der Waals surface area contributed by atoms with E-state index in [0.717, 1.165) is 66.8 Å². The van der Waals surface area contributed by atoms with Crippen LogP contribution in [0.4, 0.5) is 0 Å². The van der Waals surface area contributed by atoms with Crippen molar-refractivity contribution in [2.45, 2.75) is 111 Å². The third kappa shape index (κ3) is 6.02. The van der Waals surface area contributed by atoms with Crippen LogP contribution in [0.5, 0.6) is 0 Å². The maximum atomic E-state index is 13.5. The Morgan fingerprint density at radius 1 is 0.444 bits per heavy atom. The van der Waals surface area contributed by atoms with E-state index in [1.54, 1.807) is 0 Å². The lowest BCUT2D eigenvalue weighted by atomic mass is 9.70. The quantitative estimate of drug-likeness (QED) is 0.211. The van der Waals surface area contributed by atoms with E-state index in [-0.39, 0.29) is 0 Å². The molecule has 0 amide bonds. The van der Waals surface area contributed by atoms with Crippen LogP contribution in [0.25, 0.3) is 0 Å². The van der Waals surface area contributed by atoms with Gasteiger partial charge in [-0.05, 0) is 90.5 Å². The summed E-state index contributed by atoms with van der Waals surface area (Å²) in [6.45, 7) is 20.5. The van der Waals surface area contributed by atoms with E-state index in [1.165, 1.54) is 0 Å². The Morgan fingerprint density at radius 3 is 0.822 bits per heavy atom. The second-order valence-corrected chi connectivity index (χ2v) is 13.7. The molecule has 0 radical (unpaired) electrons. The Kier molecular flexibility index (Phi) is 8.93. The molecule has 4 aromatic carbocycles. The lowest BCUT2D eigenvalue weighted by Crippen LogP contribution is -2.55. The first kappa shape index (κ1) is 33.1. The van der Waals surface area contributed by atoms with Crippen molar-refractivity contribution >= 4 is 0 Å². The van der Waals surface area contributed by atoms with Crippen LogP contribution in [-0.4, -0.2) is 28.2 Å². The molecular weight excluding hydrogens is 556 g/mol. The van der Waals surface area contributed by atoms with Crippen LogP contribution in [0.1, 0.15) is 93.5 Å². The average molecular weight is 607 g/mol. The van der Waals surface area contributed by atoms with E-state index >= 15 is 0 Å². The van der Waals surface area contributed by atoms with E-state index in [2.05, 4.69) is 24.3 Å². The van der Waals surface area contributed by atoms with Gasteiger partial charge in [-0.15, -0.1) is 0 Å².